The van der Waals surface area contributed by atoms with Crippen molar-refractivity contribution >= 4 is 34.6 Å². The van der Waals surface area contributed by atoms with Gasteiger partial charge in [-0.3, -0.25) is 19.7 Å². The summed E-state index contributed by atoms with van der Waals surface area (Å²) in [5.74, 6) is -0.687. The Morgan fingerprint density at radius 3 is 2.43 bits per heavy atom. The van der Waals surface area contributed by atoms with Gasteiger partial charge in [0, 0.05) is 49.4 Å². The largest absolute Gasteiger partial charge is 0.385 e. The van der Waals surface area contributed by atoms with Gasteiger partial charge in [0.15, 0.2) is 0 Å². The Morgan fingerprint density at radius 2 is 1.80 bits per heavy atom. The molecule has 0 bridgehead atoms. The van der Waals surface area contributed by atoms with Crippen LogP contribution in [0.25, 0.3) is 0 Å². The van der Waals surface area contributed by atoms with Crippen LogP contribution in [0.5, 0.6) is 0 Å². The summed E-state index contributed by atoms with van der Waals surface area (Å²) >= 11 is 0. The van der Waals surface area contributed by atoms with E-state index in [4.69, 9.17) is 5.73 Å². The lowest BCUT2D eigenvalue weighted by molar-refractivity contribution is -0.384. The van der Waals surface area contributed by atoms with Crippen LogP contribution in [-0.4, -0.2) is 36.4 Å². The molecule has 4 N–H and O–H groups in total. The van der Waals surface area contributed by atoms with E-state index >= 15 is 0 Å². The fourth-order valence-electron chi connectivity index (χ4n) is 3.42. The average Bonchev–Trinajstić information content (AvgIpc) is 3.26. The zero-order chi connectivity index (χ0) is 21.5. The minimum absolute atomic E-state index is 0.0342. The number of hydrogen-bond acceptors (Lipinski definition) is 6. The number of nitrogens with one attached hydrogen (secondary N) is 2. The Hall–Kier alpha value is -3.62. The van der Waals surface area contributed by atoms with Crippen LogP contribution in [0.2, 0.25) is 0 Å². The van der Waals surface area contributed by atoms with Crippen molar-refractivity contribution in [2.24, 2.45) is 5.73 Å². The topological polar surface area (TPSA) is 131 Å². The van der Waals surface area contributed by atoms with Crippen LogP contribution in [0.15, 0.2) is 42.5 Å². The second-order valence-corrected chi connectivity index (χ2v) is 7.17. The molecule has 2 amide bonds. The highest BCUT2D eigenvalue weighted by atomic mass is 16.6. The maximum atomic E-state index is 12.4. The molecule has 0 saturated carbocycles. The predicted octanol–water partition coefficient (Wildman–Crippen LogP) is 3.12. The third kappa shape index (κ3) is 5.47. The Labute approximate surface area is 174 Å². The van der Waals surface area contributed by atoms with Crippen molar-refractivity contribution < 1.29 is 14.5 Å². The van der Waals surface area contributed by atoms with Crippen molar-refractivity contribution in [3.8, 4) is 0 Å². The first-order valence-electron chi connectivity index (χ1n) is 9.91. The molecule has 3 rings (SSSR count). The molecule has 0 spiro atoms. The lowest BCUT2D eigenvalue weighted by atomic mass is 10.1. The fourth-order valence-corrected chi connectivity index (χ4v) is 3.42. The summed E-state index contributed by atoms with van der Waals surface area (Å²) in [6, 6.07) is 11.3. The third-order valence-corrected chi connectivity index (χ3v) is 4.99. The van der Waals surface area contributed by atoms with Gasteiger partial charge < -0.3 is 21.3 Å². The average molecular weight is 411 g/mol. The van der Waals surface area contributed by atoms with Crippen molar-refractivity contribution in [1.29, 1.82) is 0 Å². The predicted molar refractivity (Wildman–Crippen MR) is 116 cm³/mol. The number of nitro groups is 1. The summed E-state index contributed by atoms with van der Waals surface area (Å²) in [7, 11) is 0. The Morgan fingerprint density at radius 1 is 1.10 bits per heavy atom. The molecule has 0 aliphatic carbocycles. The van der Waals surface area contributed by atoms with Crippen molar-refractivity contribution in [2.45, 2.75) is 25.7 Å². The molecule has 2 aromatic rings. The van der Waals surface area contributed by atoms with E-state index in [1.165, 1.54) is 12.1 Å². The number of nitro benzene ring substituents is 1. The highest BCUT2D eigenvalue weighted by molar-refractivity contribution is 5.99. The molecule has 1 aliphatic rings. The quantitative estimate of drug-likeness (QED) is 0.330. The third-order valence-electron chi connectivity index (χ3n) is 4.99. The Kier molecular flexibility index (Phi) is 6.84. The summed E-state index contributed by atoms with van der Waals surface area (Å²) in [5, 5.41) is 16.7. The summed E-state index contributed by atoms with van der Waals surface area (Å²) < 4.78 is 0. The molecule has 9 nitrogen and oxygen atoms in total. The summed E-state index contributed by atoms with van der Waals surface area (Å²) in [4.78, 5) is 36.4. The van der Waals surface area contributed by atoms with E-state index in [1.807, 2.05) is 6.07 Å². The van der Waals surface area contributed by atoms with Crippen LogP contribution in [0.1, 0.15) is 36.0 Å². The molecule has 1 fully saturated rings. The van der Waals surface area contributed by atoms with E-state index in [0.29, 0.717) is 30.6 Å². The van der Waals surface area contributed by atoms with Gasteiger partial charge in [0.05, 0.1) is 16.3 Å². The number of benzene rings is 2. The first kappa shape index (κ1) is 21.1. The first-order chi connectivity index (χ1) is 14.4. The van der Waals surface area contributed by atoms with Gasteiger partial charge in [-0.25, -0.2) is 0 Å². The number of rotatable bonds is 9. The maximum absolute atomic E-state index is 12.4. The molecule has 2 aromatic carbocycles. The van der Waals surface area contributed by atoms with Gasteiger partial charge in [0.25, 0.3) is 5.69 Å². The van der Waals surface area contributed by atoms with E-state index in [-0.39, 0.29) is 11.6 Å². The van der Waals surface area contributed by atoms with Crippen LogP contribution in [-0.2, 0) is 4.79 Å². The number of hydrogen-bond donors (Lipinski definition) is 3. The molecule has 0 aromatic heterocycles. The van der Waals surface area contributed by atoms with Gasteiger partial charge in [-0.1, -0.05) is 0 Å². The van der Waals surface area contributed by atoms with E-state index in [0.717, 1.165) is 37.3 Å². The monoisotopic (exact) mass is 411 g/mol. The molecular weight excluding hydrogens is 386 g/mol. The standard InChI is InChI=1S/C21H25N5O4/c22-21(28)15-5-10-19(25-12-1-2-13-25)18(14-15)24-20(27)4-3-11-23-16-6-8-17(9-7-16)26(29)30/h5-10,14,23H,1-4,11-13H2,(H2,22,28)(H,24,27). The molecule has 0 unspecified atom stereocenters. The second-order valence-electron chi connectivity index (χ2n) is 7.17. The molecule has 30 heavy (non-hydrogen) atoms. The van der Waals surface area contributed by atoms with Gasteiger partial charge in [0.1, 0.15) is 0 Å². The molecule has 1 saturated heterocycles. The molecule has 1 heterocycles. The van der Waals surface area contributed by atoms with Crippen LogP contribution < -0.4 is 21.3 Å². The normalized spacial score (nSPS) is 13.1. The molecule has 0 radical (unpaired) electrons. The number of non-ortho nitro benzene ring substituents is 1. The van der Waals surface area contributed by atoms with Crippen molar-refractivity contribution in [3.63, 3.8) is 0 Å². The fraction of sp³-hybridized carbons (Fsp3) is 0.333. The van der Waals surface area contributed by atoms with E-state index in [2.05, 4.69) is 15.5 Å². The van der Waals surface area contributed by atoms with Gasteiger partial charge in [-0.05, 0) is 49.6 Å². The van der Waals surface area contributed by atoms with Gasteiger partial charge in [-0.2, -0.15) is 0 Å². The molecule has 0 atom stereocenters. The van der Waals surface area contributed by atoms with Crippen LogP contribution in [0.4, 0.5) is 22.7 Å². The van der Waals surface area contributed by atoms with E-state index in [9.17, 15) is 19.7 Å². The number of carbonyl (C=O) groups is 2. The Balaban J connectivity index is 1.54. The molecular formula is C21H25N5O4. The first-order valence-corrected chi connectivity index (χ1v) is 9.91. The van der Waals surface area contributed by atoms with Crippen molar-refractivity contribution in [2.75, 3.05) is 35.2 Å². The number of nitrogens with two attached hydrogens (primary N) is 1. The molecule has 1 aliphatic heterocycles. The SMILES string of the molecule is NC(=O)c1ccc(N2CCCC2)c(NC(=O)CCCNc2ccc([N+](=O)[O-])cc2)c1. The summed E-state index contributed by atoms with van der Waals surface area (Å²) in [5.41, 5.74) is 8.03. The lowest BCUT2D eigenvalue weighted by Gasteiger charge is -2.22. The zero-order valence-corrected chi connectivity index (χ0v) is 16.6. The Bertz CT molecular complexity index is 923. The van der Waals surface area contributed by atoms with Gasteiger partial charge in [0.2, 0.25) is 11.8 Å². The minimum atomic E-state index is -0.536. The number of anilines is 3. The second kappa shape index (κ2) is 9.73. The number of nitrogens with zero attached hydrogens (tertiary/aromatic N) is 2. The highest BCUT2D eigenvalue weighted by Gasteiger charge is 2.18. The number of primary amides is 1. The van der Waals surface area contributed by atoms with Crippen LogP contribution in [0.3, 0.4) is 0 Å². The van der Waals surface area contributed by atoms with Crippen molar-refractivity contribution in [3.05, 3.63) is 58.1 Å². The maximum Gasteiger partial charge on any atom is 0.269 e. The lowest BCUT2D eigenvalue weighted by Crippen LogP contribution is -2.22. The summed E-state index contributed by atoms with van der Waals surface area (Å²) in [6.45, 7) is 2.38. The molecule has 9 heteroatoms. The number of amides is 2. The minimum Gasteiger partial charge on any atom is -0.385 e. The van der Waals surface area contributed by atoms with Gasteiger partial charge >= 0.3 is 0 Å². The highest BCUT2D eigenvalue weighted by Crippen LogP contribution is 2.30. The smallest absolute Gasteiger partial charge is 0.269 e. The number of carbonyl (C=O) groups excluding carboxylic acids is 2. The van der Waals surface area contributed by atoms with E-state index in [1.54, 1.807) is 24.3 Å². The summed E-state index contributed by atoms with van der Waals surface area (Å²) in [6.07, 6.45) is 3.07. The van der Waals surface area contributed by atoms with Crippen LogP contribution in [0, 0.1) is 10.1 Å². The zero-order valence-electron chi connectivity index (χ0n) is 16.6. The molecule has 158 valence electrons. The van der Waals surface area contributed by atoms with Gasteiger partial charge in [-0.15, -0.1) is 0 Å². The van der Waals surface area contributed by atoms with Crippen molar-refractivity contribution in [1.82, 2.24) is 0 Å². The van der Waals surface area contributed by atoms with Crippen LogP contribution >= 0.6 is 0 Å². The van der Waals surface area contributed by atoms with E-state index < -0.39 is 10.8 Å².